The van der Waals surface area contributed by atoms with Crippen LogP contribution < -0.4 is 0 Å². The highest BCUT2D eigenvalue weighted by Crippen LogP contribution is 2.25. The third kappa shape index (κ3) is 2.66. The van der Waals surface area contributed by atoms with E-state index in [-0.39, 0.29) is 0 Å². The van der Waals surface area contributed by atoms with Crippen molar-refractivity contribution in [3.63, 3.8) is 0 Å². The summed E-state index contributed by atoms with van der Waals surface area (Å²) < 4.78 is 2.09. The highest BCUT2D eigenvalue weighted by atomic mass is 127. The van der Waals surface area contributed by atoms with Crippen molar-refractivity contribution in [3.8, 4) is 0 Å². The zero-order chi connectivity index (χ0) is 11.4. The Hall–Kier alpha value is -0.800. The first-order valence-corrected chi connectivity index (χ1v) is 6.55. The highest BCUT2D eigenvalue weighted by molar-refractivity contribution is 14.1. The molecule has 2 aromatic carbocycles. The molecule has 0 atom stereocenters. The molecule has 0 bridgehead atoms. The van der Waals surface area contributed by atoms with Crippen LogP contribution in [0.4, 0.5) is 0 Å². The summed E-state index contributed by atoms with van der Waals surface area (Å²) in [5.41, 5.74) is 3.63. The summed E-state index contributed by atoms with van der Waals surface area (Å²) in [6, 6.07) is 18.3. The maximum Gasteiger partial charge on any atom is 0.0406 e. The molecule has 0 unspecified atom stereocenters. The maximum atomic E-state index is 5.88. The molecule has 0 fully saturated rings. The lowest BCUT2D eigenvalue weighted by molar-refractivity contribution is 1.56. The van der Waals surface area contributed by atoms with E-state index in [0.717, 1.165) is 5.02 Å². The second-order valence-electron chi connectivity index (χ2n) is 3.40. The summed E-state index contributed by atoms with van der Waals surface area (Å²) in [7, 11) is 0. The van der Waals surface area contributed by atoms with Gasteiger partial charge in [-0.05, 0) is 32.9 Å². The van der Waals surface area contributed by atoms with Crippen LogP contribution in [0.3, 0.4) is 0 Å². The Balaban J connectivity index is 2.42. The SMILES string of the molecule is Clc1ccc(/C(=C\I)c2ccccc2)cc1. The molecule has 0 N–H and O–H groups in total. The number of rotatable bonds is 2. The van der Waals surface area contributed by atoms with Crippen LogP contribution >= 0.6 is 34.2 Å². The lowest BCUT2D eigenvalue weighted by Crippen LogP contribution is -1.85. The molecule has 0 amide bonds. The van der Waals surface area contributed by atoms with Crippen LogP contribution in [0.1, 0.15) is 11.1 Å². The van der Waals surface area contributed by atoms with Gasteiger partial charge in [-0.15, -0.1) is 0 Å². The minimum atomic E-state index is 0.768. The van der Waals surface area contributed by atoms with Gasteiger partial charge in [0.05, 0.1) is 0 Å². The van der Waals surface area contributed by atoms with Crippen LogP contribution in [0.15, 0.2) is 58.7 Å². The van der Waals surface area contributed by atoms with E-state index in [9.17, 15) is 0 Å². The molecule has 0 radical (unpaired) electrons. The molecule has 2 aromatic rings. The second-order valence-corrected chi connectivity index (χ2v) is 4.45. The molecule has 0 heterocycles. The minimum Gasteiger partial charge on any atom is -0.0843 e. The number of benzene rings is 2. The van der Waals surface area contributed by atoms with E-state index >= 15 is 0 Å². The first-order chi connectivity index (χ1) is 7.81. The van der Waals surface area contributed by atoms with Crippen LogP contribution in [-0.2, 0) is 0 Å². The van der Waals surface area contributed by atoms with E-state index < -0.39 is 0 Å². The Morgan fingerprint density at radius 2 is 1.44 bits per heavy atom. The fourth-order valence-electron chi connectivity index (χ4n) is 1.54. The molecule has 0 saturated heterocycles. The summed E-state index contributed by atoms with van der Waals surface area (Å²) in [5, 5.41) is 0.768. The number of hydrogen-bond donors (Lipinski definition) is 0. The fourth-order valence-corrected chi connectivity index (χ4v) is 2.38. The monoisotopic (exact) mass is 340 g/mol. The molecule has 2 rings (SSSR count). The molecular weight excluding hydrogens is 331 g/mol. The Morgan fingerprint density at radius 1 is 0.875 bits per heavy atom. The van der Waals surface area contributed by atoms with E-state index in [1.807, 2.05) is 42.5 Å². The zero-order valence-corrected chi connectivity index (χ0v) is 11.4. The van der Waals surface area contributed by atoms with Crippen LogP contribution in [0.2, 0.25) is 5.02 Å². The molecule has 0 aliphatic heterocycles. The van der Waals surface area contributed by atoms with E-state index in [2.05, 4.69) is 38.8 Å². The van der Waals surface area contributed by atoms with Crippen molar-refractivity contribution in [1.82, 2.24) is 0 Å². The molecular formula is C14H10ClI. The van der Waals surface area contributed by atoms with Gasteiger partial charge in [-0.25, -0.2) is 0 Å². The van der Waals surface area contributed by atoms with Gasteiger partial charge in [-0.2, -0.15) is 0 Å². The second kappa shape index (κ2) is 5.51. The maximum absolute atomic E-state index is 5.88. The summed E-state index contributed by atoms with van der Waals surface area (Å²) in [6.45, 7) is 0. The third-order valence-electron chi connectivity index (χ3n) is 2.35. The molecule has 2 heteroatoms. The molecule has 0 aliphatic rings. The first-order valence-electron chi connectivity index (χ1n) is 4.93. The number of hydrogen-bond acceptors (Lipinski definition) is 0. The topological polar surface area (TPSA) is 0 Å². The average Bonchev–Trinajstić information content (AvgIpc) is 2.34. The van der Waals surface area contributed by atoms with Crippen LogP contribution in [0, 0.1) is 0 Å². The minimum absolute atomic E-state index is 0.768. The van der Waals surface area contributed by atoms with E-state index in [1.165, 1.54) is 16.7 Å². The summed E-state index contributed by atoms with van der Waals surface area (Å²) in [5.74, 6) is 0. The summed E-state index contributed by atoms with van der Waals surface area (Å²) in [6.07, 6.45) is 0. The average molecular weight is 341 g/mol. The van der Waals surface area contributed by atoms with Crippen LogP contribution in [0.25, 0.3) is 5.57 Å². The van der Waals surface area contributed by atoms with Gasteiger partial charge in [-0.3, -0.25) is 0 Å². The molecule has 0 spiro atoms. The van der Waals surface area contributed by atoms with Crippen molar-refractivity contribution in [2.45, 2.75) is 0 Å². The van der Waals surface area contributed by atoms with Crippen molar-refractivity contribution in [1.29, 1.82) is 0 Å². The van der Waals surface area contributed by atoms with Gasteiger partial charge >= 0.3 is 0 Å². The van der Waals surface area contributed by atoms with Crippen molar-refractivity contribution in [3.05, 3.63) is 74.8 Å². The molecule has 0 saturated carbocycles. The van der Waals surface area contributed by atoms with E-state index in [0.29, 0.717) is 0 Å². The normalized spacial score (nSPS) is 11.5. The first kappa shape index (κ1) is 11.7. The van der Waals surface area contributed by atoms with Gasteiger partial charge in [0.25, 0.3) is 0 Å². The standard InChI is InChI=1S/C14H10ClI/c15-13-8-6-12(7-9-13)14(10-16)11-4-2-1-3-5-11/h1-10H/b14-10-. The molecule has 16 heavy (non-hydrogen) atoms. The Bertz CT molecular complexity index is 486. The predicted octanol–water partition coefficient (Wildman–Crippen LogP) is 5.16. The summed E-state index contributed by atoms with van der Waals surface area (Å²) >= 11 is 8.15. The van der Waals surface area contributed by atoms with Gasteiger partial charge in [0.15, 0.2) is 0 Å². The van der Waals surface area contributed by atoms with Crippen molar-refractivity contribution in [2.75, 3.05) is 0 Å². The Kier molecular flexibility index (Phi) is 4.02. The molecule has 0 aromatic heterocycles. The molecule has 80 valence electrons. The van der Waals surface area contributed by atoms with Gasteiger partial charge in [0, 0.05) is 5.02 Å². The lowest BCUT2D eigenvalue weighted by Gasteiger charge is -2.06. The molecule has 0 aliphatic carbocycles. The van der Waals surface area contributed by atoms with Gasteiger partial charge in [0.1, 0.15) is 0 Å². The third-order valence-corrected chi connectivity index (χ3v) is 3.22. The van der Waals surface area contributed by atoms with Crippen LogP contribution in [0.5, 0.6) is 0 Å². The Labute approximate surface area is 114 Å². The number of halogens is 2. The van der Waals surface area contributed by atoms with Gasteiger partial charge < -0.3 is 0 Å². The molecule has 0 nitrogen and oxygen atoms in total. The van der Waals surface area contributed by atoms with Crippen LogP contribution in [-0.4, -0.2) is 0 Å². The smallest absolute Gasteiger partial charge is 0.0406 e. The van der Waals surface area contributed by atoms with Gasteiger partial charge in [-0.1, -0.05) is 76.7 Å². The largest absolute Gasteiger partial charge is 0.0843 e. The predicted molar refractivity (Wildman–Crippen MR) is 79.0 cm³/mol. The highest BCUT2D eigenvalue weighted by Gasteiger charge is 2.03. The zero-order valence-electron chi connectivity index (χ0n) is 8.53. The van der Waals surface area contributed by atoms with Gasteiger partial charge in [0.2, 0.25) is 0 Å². The lowest BCUT2D eigenvalue weighted by atomic mass is 10.00. The van der Waals surface area contributed by atoms with E-state index in [1.54, 1.807) is 0 Å². The Morgan fingerprint density at radius 3 is 2.00 bits per heavy atom. The fraction of sp³-hybridized carbons (Fsp3) is 0. The quantitative estimate of drug-likeness (QED) is 0.662. The summed E-state index contributed by atoms with van der Waals surface area (Å²) in [4.78, 5) is 0. The van der Waals surface area contributed by atoms with Crippen molar-refractivity contribution in [2.24, 2.45) is 0 Å². The van der Waals surface area contributed by atoms with E-state index in [4.69, 9.17) is 11.6 Å². The van der Waals surface area contributed by atoms with Crippen molar-refractivity contribution < 1.29 is 0 Å². The van der Waals surface area contributed by atoms with Crippen molar-refractivity contribution >= 4 is 39.8 Å².